The molecule has 2 rings (SSSR count). The number of nitrogens with zero attached hydrogens (tertiary/aromatic N) is 2. The molecule has 0 aliphatic rings. The van der Waals surface area contributed by atoms with Crippen LogP contribution in [0.4, 0.5) is 0 Å². The third-order valence-electron chi connectivity index (χ3n) is 3.10. The number of aliphatic hydroxyl groups excluding tert-OH is 2. The van der Waals surface area contributed by atoms with Crippen molar-refractivity contribution in [2.24, 2.45) is 7.05 Å². The van der Waals surface area contributed by atoms with Gasteiger partial charge in [0.15, 0.2) is 5.58 Å². The Balaban J connectivity index is 2.53. The van der Waals surface area contributed by atoms with E-state index in [0.717, 1.165) is 4.31 Å². The van der Waals surface area contributed by atoms with Gasteiger partial charge in [0.05, 0.1) is 23.6 Å². The van der Waals surface area contributed by atoms with Crippen LogP contribution in [0, 0.1) is 0 Å². The number of aromatic nitrogens is 1. The van der Waals surface area contributed by atoms with Crippen molar-refractivity contribution in [3.8, 4) is 0 Å². The Labute approximate surface area is 120 Å². The first-order valence-corrected chi connectivity index (χ1v) is 7.67. The van der Waals surface area contributed by atoms with Crippen LogP contribution in [0.5, 0.6) is 0 Å². The van der Waals surface area contributed by atoms with Crippen LogP contribution in [0.25, 0.3) is 11.1 Å². The zero-order valence-corrected chi connectivity index (χ0v) is 12.2. The lowest BCUT2D eigenvalue weighted by atomic mass is 10.3. The van der Waals surface area contributed by atoms with E-state index in [0.29, 0.717) is 5.52 Å². The zero-order chi connectivity index (χ0) is 15.6. The van der Waals surface area contributed by atoms with Crippen LogP contribution in [0.15, 0.2) is 32.3 Å². The maximum Gasteiger partial charge on any atom is 0.419 e. The SMILES string of the molecule is Cn1c(=O)oc2ccc(S(=O)(=O)N(CCO)CCO)cc21. The van der Waals surface area contributed by atoms with E-state index in [9.17, 15) is 13.2 Å². The molecule has 0 saturated heterocycles. The molecule has 0 fully saturated rings. The first kappa shape index (κ1) is 15.7. The van der Waals surface area contributed by atoms with Gasteiger partial charge in [-0.1, -0.05) is 0 Å². The predicted octanol–water partition coefficient (Wildman–Crippen LogP) is -0.893. The summed E-state index contributed by atoms with van der Waals surface area (Å²) < 4.78 is 32.0. The van der Waals surface area contributed by atoms with E-state index in [4.69, 9.17) is 14.6 Å². The Morgan fingerprint density at radius 1 is 1.24 bits per heavy atom. The molecule has 0 aliphatic heterocycles. The van der Waals surface area contributed by atoms with Crippen LogP contribution in [-0.4, -0.2) is 53.8 Å². The molecule has 1 aromatic heterocycles. The van der Waals surface area contributed by atoms with Crippen molar-refractivity contribution < 1.29 is 23.0 Å². The van der Waals surface area contributed by atoms with Crippen LogP contribution in [0.2, 0.25) is 0 Å². The maximum atomic E-state index is 12.5. The van der Waals surface area contributed by atoms with Crippen molar-refractivity contribution in [3.63, 3.8) is 0 Å². The van der Waals surface area contributed by atoms with Crippen LogP contribution < -0.4 is 5.76 Å². The molecule has 0 spiro atoms. The highest BCUT2D eigenvalue weighted by molar-refractivity contribution is 7.89. The van der Waals surface area contributed by atoms with Crippen molar-refractivity contribution in [3.05, 3.63) is 28.7 Å². The third-order valence-corrected chi connectivity index (χ3v) is 4.99. The minimum atomic E-state index is -3.87. The van der Waals surface area contributed by atoms with Gasteiger partial charge >= 0.3 is 5.76 Å². The van der Waals surface area contributed by atoms with Crippen molar-refractivity contribution >= 4 is 21.1 Å². The summed E-state index contributed by atoms with van der Waals surface area (Å²) >= 11 is 0. The van der Waals surface area contributed by atoms with Gasteiger partial charge in [-0.05, 0) is 18.2 Å². The van der Waals surface area contributed by atoms with Gasteiger partial charge in [-0.15, -0.1) is 0 Å². The van der Waals surface area contributed by atoms with Gasteiger partial charge in [-0.3, -0.25) is 4.57 Å². The van der Waals surface area contributed by atoms with E-state index < -0.39 is 15.8 Å². The Morgan fingerprint density at radius 3 is 2.43 bits per heavy atom. The number of fused-ring (bicyclic) bond motifs is 1. The molecule has 0 bridgehead atoms. The number of aliphatic hydroxyl groups is 2. The number of benzene rings is 1. The molecular formula is C12H16N2O6S. The molecule has 116 valence electrons. The highest BCUT2D eigenvalue weighted by Gasteiger charge is 2.24. The summed E-state index contributed by atoms with van der Waals surface area (Å²) in [5.74, 6) is -0.581. The average Bonchev–Trinajstić information content (AvgIpc) is 2.73. The molecule has 0 saturated carbocycles. The van der Waals surface area contributed by atoms with Crippen LogP contribution in [0.3, 0.4) is 0 Å². The van der Waals surface area contributed by atoms with E-state index in [1.54, 1.807) is 0 Å². The maximum absolute atomic E-state index is 12.5. The Bertz CT molecular complexity index is 786. The van der Waals surface area contributed by atoms with Crippen LogP contribution in [0.1, 0.15) is 0 Å². The Morgan fingerprint density at radius 2 is 1.86 bits per heavy atom. The fourth-order valence-corrected chi connectivity index (χ4v) is 3.43. The van der Waals surface area contributed by atoms with Gasteiger partial charge in [0.2, 0.25) is 10.0 Å². The van der Waals surface area contributed by atoms with Crippen molar-refractivity contribution in [2.45, 2.75) is 4.90 Å². The summed E-state index contributed by atoms with van der Waals surface area (Å²) in [5.41, 5.74) is 0.645. The van der Waals surface area contributed by atoms with Crippen molar-refractivity contribution in [1.82, 2.24) is 8.87 Å². The van der Waals surface area contributed by atoms with Crippen LogP contribution >= 0.6 is 0 Å². The number of hydrogen-bond acceptors (Lipinski definition) is 6. The molecular weight excluding hydrogens is 300 g/mol. The third kappa shape index (κ3) is 2.86. The topological polar surface area (TPSA) is 113 Å². The highest BCUT2D eigenvalue weighted by atomic mass is 32.2. The first-order valence-electron chi connectivity index (χ1n) is 6.23. The van der Waals surface area contributed by atoms with E-state index in [-0.39, 0.29) is 36.8 Å². The van der Waals surface area contributed by atoms with Gasteiger partial charge in [0, 0.05) is 20.1 Å². The van der Waals surface area contributed by atoms with Crippen molar-refractivity contribution in [2.75, 3.05) is 26.3 Å². The molecule has 1 aromatic carbocycles. The summed E-state index contributed by atoms with van der Waals surface area (Å²) in [5, 5.41) is 17.9. The van der Waals surface area contributed by atoms with E-state index >= 15 is 0 Å². The lowest BCUT2D eigenvalue weighted by Crippen LogP contribution is -2.35. The molecule has 9 heteroatoms. The quantitative estimate of drug-likeness (QED) is 0.714. The van der Waals surface area contributed by atoms with Crippen molar-refractivity contribution in [1.29, 1.82) is 0 Å². The number of oxazole rings is 1. The number of sulfonamides is 1. The summed E-state index contributed by atoms with van der Waals surface area (Å²) in [4.78, 5) is 11.4. The molecule has 8 nitrogen and oxygen atoms in total. The average molecular weight is 316 g/mol. The summed E-state index contributed by atoms with van der Waals surface area (Å²) in [7, 11) is -2.39. The van der Waals surface area contributed by atoms with E-state index in [2.05, 4.69) is 0 Å². The monoisotopic (exact) mass is 316 g/mol. The predicted molar refractivity (Wildman–Crippen MR) is 74.4 cm³/mol. The summed E-state index contributed by atoms with van der Waals surface area (Å²) in [6.07, 6.45) is 0. The largest absolute Gasteiger partial charge is 0.419 e. The second kappa shape index (κ2) is 5.98. The van der Waals surface area contributed by atoms with Gasteiger partial charge in [-0.2, -0.15) is 4.31 Å². The number of aryl methyl sites for hydroxylation is 1. The number of hydrogen-bond donors (Lipinski definition) is 2. The smallest absolute Gasteiger partial charge is 0.408 e. The standard InChI is InChI=1S/C12H16N2O6S/c1-13-10-8-9(2-3-11(10)20-12(13)17)21(18,19)14(4-6-15)5-7-16/h2-3,8,15-16H,4-7H2,1H3. The van der Waals surface area contributed by atoms with E-state index in [1.165, 1.54) is 29.8 Å². The normalized spacial score (nSPS) is 12.4. The fraction of sp³-hybridized carbons (Fsp3) is 0.417. The van der Waals surface area contributed by atoms with Crippen LogP contribution in [-0.2, 0) is 17.1 Å². The molecule has 21 heavy (non-hydrogen) atoms. The zero-order valence-electron chi connectivity index (χ0n) is 11.4. The van der Waals surface area contributed by atoms with Gasteiger partial charge < -0.3 is 14.6 Å². The lowest BCUT2D eigenvalue weighted by Gasteiger charge is -2.20. The lowest BCUT2D eigenvalue weighted by molar-refractivity contribution is 0.217. The molecule has 0 atom stereocenters. The molecule has 0 amide bonds. The second-order valence-corrected chi connectivity index (χ2v) is 6.35. The molecule has 2 aromatic rings. The molecule has 0 radical (unpaired) electrons. The Hall–Kier alpha value is -1.68. The fourth-order valence-electron chi connectivity index (χ4n) is 1.99. The molecule has 0 unspecified atom stereocenters. The Kier molecular flexibility index (Phi) is 4.47. The first-order chi connectivity index (χ1) is 9.91. The summed E-state index contributed by atoms with van der Waals surface area (Å²) in [6, 6.07) is 4.05. The second-order valence-electron chi connectivity index (χ2n) is 4.41. The van der Waals surface area contributed by atoms with Gasteiger partial charge in [-0.25, -0.2) is 13.2 Å². The number of rotatable bonds is 6. The minimum Gasteiger partial charge on any atom is -0.408 e. The van der Waals surface area contributed by atoms with E-state index in [1.807, 2.05) is 0 Å². The molecule has 0 aliphatic carbocycles. The summed E-state index contributed by atoms with van der Waals surface area (Å²) in [6.45, 7) is -0.951. The molecule has 1 heterocycles. The van der Waals surface area contributed by atoms with Gasteiger partial charge in [0.1, 0.15) is 0 Å². The minimum absolute atomic E-state index is 0.0340. The highest BCUT2D eigenvalue weighted by Crippen LogP contribution is 2.21. The van der Waals surface area contributed by atoms with Gasteiger partial charge in [0.25, 0.3) is 0 Å². The molecule has 2 N–H and O–H groups in total.